The predicted molar refractivity (Wildman–Crippen MR) is 90.2 cm³/mol. The van der Waals surface area contributed by atoms with Crippen LogP contribution in [0.4, 0.5) is 0 Å². The molecule has 3 aromatic rings. The maximum atomic E-state index is 11.3. The van der Waals surface area contributed by atoms with E-state index in [9.17, 15) is 4.79 Å². The van der Waals surface area contributed by atoms with E-state index in [1.807, 2.05) is 42.5 Å². The summed E-state index contributed by atoms with van der Waals surface area (Å²) in [7, 11) is 0. The van der Waals surface area contributed by atoms with Gasteiger partial charge >= 0.3 is 5.97 Å². The van der Waals surface area contributed by atoms with Crippen LogP contribution in [0.2, 0.25) is 0 Å². The summed E-state index contributed by atoms with van der Waals surface area (Å²) in [5.41, 5.74) is 5.50. The largest absolute Gasteiger partial charge is 0.427 e. The minimum Gasteiger partial charge on any atom is -0.427 e. The van der Waals surface area contributed by atoms with Crippen LogP contribution in [-0.2, 0) is 4.79 Å². The quantitative estimate of drug-likeness (QED) is 0.339. The van der Waals surface area contributed by atoms with Crippen molar-refractivity contribution < 1.29 is 14.3 Å². The van der Waals surface area contributed by atoms with Gasteiger partial charge in [0.1, 0.15) is 0 Å². The van der Waals surface area contributed by atoms with Crippen molar-refractivity contribution in [2.75, 3.05) is 0 Å². The number of hydrogen-bond donors (Lipinski definition) is 1. The highest BCUT2D eigenvalue weighted by Crippen LogP contribution is 2.38. The lowest BCUT2D eigenvalue weighted by Gasteiger charge is -2.13. The van der Waals surface area contributed by atoms with Gasteiger partial charge in [0.25, 0.3) is 5.17 Å². The number of benzene rings is 3. The monoisotopic (exact) mass is 311 g/mol. The number of carbonyl (C=O) groups is 1. The van der Waals surface area contributed by atoms with Gasteiger partial charge in [-0.15, -0.1) is 0 Å². The average molecular weight is 311 g/mol. The number of hydrogen-bond acceptors (Lipinski definition) is 4. The van der Waals surface area contributed by atoms with Crippen molar-refractivity contribution in [3.63, 3.8) is 0 Å². The first-order chi connectivity index (χ1) is 10.6. The molecule has 3 rings (SSSR count). The molecular weight excluding hydrogens is 298 g/mol. The van der Waals surface area contributed by atoms with Gasteiger partial charge in [0, 0.05) is 12.3 Å². The van der Waals surface area contributed by atoms with Crippen LogP contribution in [0.25, 0.3) is 21.5 Å². The van der Waals surface area contributed by atoms with Gasteiger partial charge in [0.15, 0.2) is 11.5 Å². The molecule has 0 aromatic heterocycles. The molecule has 0 amide bonds. The summed E-state index contributed by atoms with van der Waals surface area (Å²) in [4.78, 5) is 11.3. The van der Waals surface area contributed by atoms with Crippen molar-refractivity contribution in [2.45, 2.75) is 6.92 Å². The van der Waals surface area contributed by atoms with Crippen LogP contribution < -0.4 is 15.2 Å². The first-order valence-corrected chi connectivity index (χ1v) is 7.07. The molecule has 22 heavy (non-hydrogen) atoms. The fraction of sp³-hybridized carbons (Fsp3) is 0.0588. The Labute approximate surface area is 132 Å². The summed E-state index contributed by atoms with van der Waals surface area (Å²) < 4.78 is 10.6. The maximum absolute atomic E-state index is 11.3. The number of ether oxygens (including phenoxy) is 2. The van der Waals surface area contributed by atoms with E-state index in [1.165, 1.54) is 6.92 Å². The molecule has 0 unspecified atom stereocenters. The molecule has 0 heterocycles. The number of rotatable bonds is 2. The summed E-state index contributed by atoms with van der Waals surface area (Å²) in [5, 5.41) is 3.80. The summed E-state index contributed by atoms with van der Waals surface area (Å²) >= 11 is 4.82. The molecule has 3 aromatic carbocycles. The topological polar surface area (TPSA) is 61.5 Å². The Hall–Kier alpha value is -2.66. The molecule has 4 nitrogen and oxygen atoms in total. The third kappa shape index (κ3) is 2.58. The first kappa shape index (κ1) is 14.3. The zero-order chi connectivity index (χ0) is 15.7. The molecule has 0 atom stereocenters. The molecule has 0 aliphatic rings. The van der Waals surface area contributed by atoms with Gasteiger partial charge in [-0.2, -0.15) is 0 Å². The van der Waals surface area contributed by atoms with Gasteiger partial charge in [-0.1, -0.05) is 30.3 Å². The number of nitrogens with two attached hydrogens (primary N) is 1. The van der Waals surface area contributed by atoms with Gasteiger partial charge in [-0.05, 0) is 46.6 Å². The smallest absolute Gasteiger partial charge is 0.308 e. The van der Waals surface area contributed by atoms with E-state index >= 15 is 0 Å². The van der Waals surface area contributed by atoms with Crippen LogP contribution in [0.5, 0.6) is 11.5 Å². The lowest BCUT2D eigenvalue weighted by molar-refractivity contribution is -0.131. The van der Waals surface area contributed by atoms with Crippen LogP contribution in [-0.4, -0.2) is 11.1 Å². The highest BCUT2D eigenvalue weighted by molar-refractivity contribution is 7.80. The molecule has 0 radical (unpaired) electrons. The molecule has 0 bridgehead atoms. The van der Waals surface area contributed by atoms with E-state index < -0.39 is 5.97 Å². The predicted octanol–water partition coefficient (Wildman–Crippen LogP) is 3.54. The van der Waals surface area contributed by atoms with Crippen LogP contribution >= 0.6 is 12.2 Å². The van der Waals surface area contributed by atoms with Crippen molar-refractivity contribution in [2.24, 2.45) is 5.73 Å². The Morgan fingerprint density at radius 3 is 2.41 bits per heavy atom. The molecule has 0 aliphatic carbocycles. The van der Waals surface area contributed by atoms with E-state index in [0.29, 0.717) is 11.5 Å². The molecule has 0 aliphatic heterocycles. The lowest BCUT2D eigenvalue weighted by Crippen LogP contribution is -2.17. The lowest BCUT2D eigenvalue weighted by atomic mass is 10.0. The Morgan fingerprint density at radius 2 is 1.68 bits per heavy atom. The minimum absolute atomic E-state index is 0.130. The second-order valence-corrected chi connectivity index (χ2v) is 5.19. The fourth-order valence-corrected chi connectivity index (χ4v) is 2.57. The van der Waals surface area contributed by atoms with Gasteiger partial charge in [0.05, 0.1) is 0 Å². The minimum atomic E-state index is -0.437. The SMILES string of the molecule is CC(=O)Oc1ccc2c(ccc3ccccc32)c1OC(N)=S. The highest BCUT2D eigenvalue weighted by Gasteiger charge is 2.15. The first-order valence-electron chi connectivity index (χ1n) is 6.66. The average Bonchev–Trinajstić information content (AvgIpc) is 2.48. The zero-order valence-corrected chi connectivity index (χ0v) is 12.6. The zero-order valence-electron chi connectivity index (χ0n) is 11.8. The van der Waals surface area contributed by atoms with Crippen LogP contribution in [0.3, 0.4) is 0 Å². The fourth-order valence-electron chi connectivity index (χ4n) is 2.48. The van der Waals surface area contributed by atoms with E-state index in [0.717, 1.165) is 21.5 Å². The molecule has 5 heteroatoms. The number of carbonyl (C=O) groups excluding carboxylic acids is 1. The van der Waals surface area contributed by atoms with Gasteiger partial charge in [-0.25, -0.2) is 0 Å². The van der Waals surface area contributed by atoms with Crippen molar-refractivity contribution in [3.05, 3.63) is 48.5 Å². The number of esters is 1. The van der Waals surface area contributed by atoms with Crippen molar-refractivity contribution in [3.8, 4) is 11.5 Å². The van der Waals surface area contributed by atoms with Crippen molar-refractivity contribution in [1.82, 2.24) is 0 Å². The summed E-state index contributed by atoms with van der Waals surface area (Å²) in [6, 6.07) is 15.5. The number of fused-ring (bicyclic) bond motifs is 3. The summed E-state index contributed by atoms with van der Waals surface area (Å²) in [6.07, 6.45) is 0. The second-order valence-electron chi connectivity index (χ2n) is 4.79. The van der Waals surface area contributed by atoms with E-state index in [4.69, 9.17) is 27.4 Å². The maximum Gasteiger partial charge on any atom is 0.308 e. The van der Waals surface area contributed by atoms with Crippen LogP contribution in [0, 0.1) is 0 Å². The molecular formula is C17H13NO3S. The Bertz CT molecular complexity index is 905. The normalized spacial score (nSPS) is 10.6. The molecule has 0 saturated heterocycles. The molecule has 0 spiro atoms. The molecule has 110 valence electrons. The summed E-state index contributed by atoms with van der Waals surface area (Å²) in [5.74, 6) is 0.210. The van der Waals surface area contributed by atoms with Crippen molar-refractivity contribution >= 4 is 44.9 Å². The van der Waals surface area contributed by atoms with Gasteiger partial charge in [-0.3, -0.25) is 4.79 Å². The van der Waals surface area contributed by atoms with Crippen LogP contribution in [0.15, 0.2) is 48.5 Å². The third-order valence-electron chi connectivity index (χ3n) is 3.30. The second kappa shape index (κ2) is 5.61. The number of thiocarbonyl (C=S) groups is 1. The third-order valence-corrected chi connectivity index (χ3v) is 3.38. The van der Waals surface area contributed by atoms with Crippen molar-refractivity contribution in [1.29, 1.82) is 0 Å². The van der Waals surface area contributed by atoms with E-state index in [2.05, 4.69) is 0 Å². The molecule has 0 saturated carbocycles. The Balaban J connectivity index is 2.33. The van der Waals surface area contributed by atoms with E-state index in [-0.39, 0.29) is 5.17 Å². The molecule has 2 N–H and O–H groups in total. The van der Waals surface area contributed by atoms with Crippen LogP contribution in [0.1, 0.15) is 6.92 Å². The Morgan fingerprint density at radius 1 is 0.955 bits per heavy atom. The standard InChI is InChI=1S/C17H13NO3S/c1-10(19)20-15-9-8-13-12-5-3-2-4-11(12)6-7-14(13)16(15)21-17(18)22/h2-9H,1H3,(H2,18,22). The summed E-state index contributed by atoms with van der Waals surface area (Å²) in [6.45, 7) is 1.33. The molecule has 0 fully saturated rings. The Kier molecular flexibility index (Phi) is 3.65. The van der Waals surface area contributed by atoms with E-state index in [1.54, 1.807) is 6.07 Å². The van der Waals surface area contributed by atoms with Gasteiger partial charge < -0.3 is 15.2 Å². The highest BCUT2D eigenvalue weighted by atomic mass is 32.1. The van der Waals surface area contributed by atoms with Gasteiger partial charge in [0.2, 0.25) is 0 Å².